The molecule has 6 heteroatoms. The molecule has 2 aromatic rings. The van der Waals surface area contributed by atoms with Gasteiger partial charge in [0, 0.05) is 25.1 Å². The number of nitrogens with zero attached hydrogens (tertiary/aromatic N) is 2. The fourth-order valence-electron chi connectivity index (χ4n) is 1.26. The van der Waals surface area contributed by atoms with Gasteiger partial charge in [0.25, 0.3) is 0 Å². The van der Waals surface area contributed by atoms with E-state index in [1.165, 1.54) is 0 Å². The van der Waals surface area contributed by atoms with Gasteiger partial charge in [0.05, 0.1) is 3.57 Å². The molecule has 0 saturated carbocycles. The zero-order chi connectivity index (χ0) is 13.1. The van der Waals surface area contributed by atoms with Crippen LogP contribution in [-0.4, -0.2) is 16.3 Å². The van der Waals surface area contributed by atoms with Crippen LogP contribution in [0.15, 0.2) is 35.5 Å². The average molecular weight is 576 g/mol. The molecular weight excluding hydrogens is 569 g/mol. The van der Waals surface area contributed by atoms with Gasteiger partial charge in [0.2, 0.25) is 0 Å². The number of aromatic hydroxyl groups is 1. The molecule has 0 saturated heterocycles. The summed E-state index contributed by atoms with van der Waals surface area (Å²) in [5.74, 6) is 0.883. The molecular formula is C12H7I3N2O. The lowest BCUT2D eigenvalue weighted by Gasteiger charge is -2.02. The first kappa shape index (κ1) is 14.4. The maximum absolute atomic E-state index is 9.92. The van der Waals surface area contributed by atoms with Crippen molar-refractivity contribution in [2.75, 3.05) is 0 Å². The molecule has 3 nitrogen and oxygen atoms in total. The van der Waals surface area contributed by atoms with Crippen molar-refractivity contribution in [3.63, 3.8) is 0 Å². The Morgan fingerprint density at radius 2 is 1.89 bits per heavy atom. The van der Waals surface area contributed by atoms with Crippen LogP contribution in [-0.2, 0) is 0 Å². The molecule has 0 aliphatic heterocycles. The lowest BCUT2D eigenvalue weighted by molar-refractivity contribution is 0.470. The average Bonchev–Trinajstić information content (AvgIpc) is 2.34. The summed E-state index contributed by atoms with van der Waals surface area (Å²) in [7, 11) is 0. The van der Waals surface area contributed by atoms with E-state index in [0.29, 0.717) is 11.4 Å². The molecule has 92 valence electrons. The Kier molecular flexibility index (Phi) is 5.18. The minimum Gasteiger partial charge on any atom is -0.506 e. The van der Waals surface area contributed by atoms with Crippen molar-refractivity contribution in [2.45, 2.75) is 0 Å². The maximum Gasteiger partial charge on any atom is 0.151 e. The molecule has 0 aliphatic rings. The number of aromatic nitrogens is 1. The number of phenolic OH excluding ortho intramolecular Hbond substituents is 1. The minimum atomic E-state index is 0.255. The van der Waals surface area contributed by atoms with E-state index in [1.807, 2.05) is 24.3 Å². The van der Waals surface area contributed by atoms with Crippen molar-refractivity contribution < 1.29 is 5.11 Å². The van der Waals surface area contributed by atoms with Gasteiger partial charge >= 0.3 is 0 Å². The molecule has 0 radical (unpaired) electrons. The van der Waals surface area contributed by atoms with Gasteiger partial charge in [0.15, 0.2) is 5.82 Å². The van der Waals surface area contributed by atoms with Crippen LogP contribution in [0.5, 0.6) is 5.75 Å². The van der Waals surface area contributed by atoms with Crippen LogP contribution in [0, 0.1) is 10.7 Å². The molecule has 0 amide bonds. The molecule has 0 bridgehead atoms. The standard InChI is InChI=1S/C12H7I3N2O/c13-8-1-2-11(17-6-8)16-5-7-3-9(14)4-10(15)12(7)18/h1-6,18H. The van der Waals surface area contributed by atoms with Crippen LogP contribution in [0.3, 0.4) is 0 Å². The summed E-state index contributed by atoms with van der Waals surface area (Å²) in [5.41, 5.74) is 0.701. The first-order chi connectivity index (χ1) is 8.56. The minimum absolute atomic E-state index is 0.255. The van der Waals surface area contributed by atoms with E-state index in [-0.39, 0.29) is 5.75 Å². The van der Waals surface area contributed by atoms with Crippen LogP contribution in [0.4, 0.5) is 5.82 Å². The van der Waals surface area contributed by atoms with E-state index in [2.05, 4.69) is 77.7 Å². The van der Waals surface area contributed by atoms with Gasteiger partial charge in [0.1, 0.15) is 5.75 Å². The Hall–Kier alpha value is 0.0300. The zero-order valence-electron chi connectivity index (χ0n) is 8.94. The number of hydrogen-bond donors (Lipinski definition) is 1. The quantitative estimate of drug-likeness (QED) is 0.428. The molecule has 0 aliphatic carbocycles. The molecule has 1 aromatic carbocycles. The summed E-state index contributed by atoms with van der Waals surface area (Å²) >= 11 is 6.51. The van der Waals surface area contributed by atoms with E-state index < -0.39 is 0 Å². The summed E-state index contributed by atoms with van der Waals surface area (Å²) in [4.78, 5) is 8.43. The second-order valence-electron chi connectivity index (χ2n) is 3.42. The molecule has 0 atom stereocenters. The van der Waals surface area contributed by atoms with Crippen molar-refractivity contribution in [1.29, 1.82) is 0 Å². The van der Waals surface area contributed by atoms with Gasteiger partial charge in [-0.2, -0.15) is 0 Å². The highest BCUT2D eigenvalue weighted by molar-refractivity contribution is 14.1. The smallest absolute Gasteiger partial charge is 0.151 e. The van der Waals surface area contributed by atoms with E-state index in [0.717, 1.165) is 10.7 Å². The van der Waals surface area contributed by atoms with Crippen LogP contribution in [0.1, 0.15) is 5.56 Å². The highest BCUT2D eigenvalue weighted by Gasteiger charge is 2.05. The van der Waals surface area contributed by atoms with E-state index in [1.54, 1.807) is 12.4 Å². The number of aliphatic imine (C=N–C) groups is 1. The van der Waals surface area contributed by atoms with Crippen molar-refractivity contribution in [3.8, 4) is 5.75 Å². The van der Waals surface area contributed by atoms with Crippen molar-refractivity contribution >= 4 is 79.8 Å². The third kappa shape index (κ3) is 3.76. The van der Waals surface area contributed by atoms with Gasteiger partial charge in [-0.25, -0.2) is 9.98 Å². The molecule has 1 N–H and O–H groups in total. The van der Waals surface area contributed by atoms with Crippen LogP contribution < -0.4 is 0 Å². The largest absolute Gasteiger partial charge is 0.506 e. The topological polar surface area (TPSA) is 45.5 Å². The van der Waals surface area contributed by atoms with Crippen molar-refractivity contribution in [2.24, 2.45) is 4.99 Å². The second kappa shape index (κ2) is 6.46. The van der Waals surface area contributed by atoms with Gasteiger partial charge < -0.3 is 5.11 Å². The Labute approximate surface area is 146 Å². The van der Waals surface area contributed by atoms with Crippen molar-refractivity contribution in [1.82, 2.24) is 4.98 Å². The maximum atomic E-state index is 9.92. The Morgan fingerprint density at radius 3 is 2.56 bits per heavy atom. The summed E-state index contributed by atoms with van der Waals surface area (Å²) in [6.45, 7) is 0. The van der Waals surface area contributed by atoms with E-state index >= 15 is 0 Å². The second-order valence-corrected chi connectivity index (χ2v) is 7.07. The van der Waals surface area contributed by atoms with Gasteiger partial charge in [-0.05, 0) is 92.0 Å². The van der Waals surface area contributed by atoms with Gasteiger partial charge in [-0.1, -0.05) is 0 Å². The third-order valence-electron chi connectivity index (χ3n) is 2.11. The Morgan fingerprint density at radius 1 is 1.11 bits per heavy atom. The molecule has 0 unspecified atom stereocenters. The molecule has 2 rings (SSSR count). The lowest BCUT2D eigenvalue weighted by atomic mass is 10.2. The Bertz CT molecular complexity index is 597. The lowest BCUT2D eigenvalue weighted by Crippen LogP contribution is -1.88. The number of pyridine rings is 1. The zero-order valence-corrected chi connectivity index (χ0v) is 15.4. The molecule has 1 heterocycles. The van der Waals surface area contributed by atoms with E-state index in [4.69, 9.17) is 0 Å². The van der Waals surface area contributed by atoms with E-state index in [9.17, 15) is 5.11 Å². The monoisotopic (exact) mass is 576 g/mol. The summed E-state index contributed by atoms with van der Waals surface area (Å²) in [5, 5.41) is 9.92. The number of phenols is 1. The molecule has 0 fully saturated rings. The van der Waals surface area contributed by atoms with Gasteiger partial charge in [-0.15, -0.1) is 0 Å². The summed E-state index contributed by atoms with van der Waals surface area (Å²) in [6.07, 6.45) is 3.39. The predicted octanol–water partition coefficient (Wildman–Crippen LogP) is 4.35. The van der Waals surface area contributed by atoms with Gasteiger partial charge in [-0.3, -0.25) is 0 Å². The first-order valence-electron chi connectivity index (χ1n) is 4.90. The van der Waals surface area contributed by atoms with Crippen LogP contribution >= 0.6 is 67.8 Å². The highest BCUT2D eigenvalue weighted by Crippen LogP contribution is 2.26. The fourth-order valence-corrected chi connectivity index (χ4v) is 3.47. The SMILES string of the molecule is Oc1c(I)cc(I)cc1C=Nc1ccc(I)cn1. The predicted molar refractivity (Wildman–Crippen MR) is 97.7 cm³/mol. The molecule has 0 spiro atoms. The van der Waals surface area contributed by atoms with Crippen LogP contribution in [0.2, 0.25) is 0 Å². The molecule has 1 aromatic heterocycles. The summed E-state index contributed by atoms with van der Waals surface area (Å²) < 4.78 is 2.95. The normalized spacial score (nSPS) is 11.1. The highest BCUT2D eigenvalue weighted by atomic mass is 127. The number of benzene rings is 1. The molecule has 18 heavy (non-hydrogen) atoms. The van der Waals surface area contributed by atoms with Crippen LogP contribution in [0.25, 0.3) is 0 Å². The fraction of sp³-hybridized carbons (Fsp3) is 0. The third-order valence-corrected chi connectivity index (χ3v) is 4.19. The number of rotatable bonds is 2. The van der Waals surface area contributed by atoms with Crippen molar-refractivity contribution in [3.05, 3.63) is 46.7 Å². The number of hydrogen-bond acceptors (Lipinski definition) is 3. The summed E-state index contributed by atoms with van der Waals surface area (Å²) in [6, 6.07) is 7.58. The Balaban J connectivity index is 2.31. The first-order valence-corrected chi connectivity index (χ1v) is 8.13. The number of halogens is 3.